The van der Waals surface area contributed by atoms with Crippen molar-refractivity contribution in [1.82, 2.24) is 4.57 Å². The number of esters is 2. The Hall–Kier alpha value is -1.82. The maximum Gasteiger partial charge on any atom is 0.391 e. The summed E-state index contributed by atoms with van der Waals surface area (Å²) in [4.78, 5) is 33.3. The lowest BCUT2D eigenvalue weighted by Crippen LogP contribution is -2.23. The minimum absolute atomic E-state index is 0.170. The molecule has 0 radical (unpaired) electrons. The molecule has 0 aliphatic carbocycles. The Balaban J connectivity index is 1.89. The molecule has 2 rings (SSSR count). The molecular formula is C15H18ClNO5. The molecule has 120 valence electrons. The van der Waals surface area contributed by atoms with E-state index in [2.05, 4.69) is 0 Å². The first-order chi connectivity index (χ1) is 10.5. The average Bonchev–Trinajstić information content (AvgIpc) is 2.90. The van der Waals surface area contributed by atoms with Crippen LogP contribution < -0.4 is 0 Å². The second-order valence-electron chi connectivity index (χ2n) is 5.15. The molecule has 1 aliphatic heterocycles. The highest BCUT2D eigenvalue weighted by Crippen LogP contribution is 2.26. The van der Waals surface area contributed by atoms with E-state index in [4.69, 9.17) is 21.1 Å². The first-order valence-electron chi connectivity index (χ1n) is 7.24. The van der Waals surface area contributed by atoms with Crippen molar-refractivity contribution in [3.05, 3.63) is 23.5 Å². The molecule has 6 nitrogen and oxygen atoms in total. The molecule has 2 heterocycles. The second kappa shape index (κ2) is 7.45. The molecule has 0 bridgehead atoms. The van der Waals surface area contributed by atoms with Gasteiger partial charge in [-0.25, -0.2) is 9.59 Å². The van der Waals surface area contributed by atoms with Gasteiger partial charge in [0.15, 0.2) is 0 Å². The number of carbonyl (C=O) groups excluding carboxylic acids is 3. The molecule has 1 aromatic rings. The first-order valence-corrected chi connectivity index (χ1v) is 7.62. The van der Waals surface area contributed by atoms with Crippen molar-refractivity contribution in [2.24, 2.45) is 5.92 Å². The summed E-state index contributed by atoms with van der Waals surface area (Å²) in [5.41, 5.74) is 1.61. The average molecular weight is 328 g/mol. The quantitative estimate of drug-likeness (QED) is 0.453. The van der Waals surface area contributed by atoms with Gasteiger partial charge in [-0.05, 0) is 49.8 Å². The summed E-state index contributed by atoms with van der Waals surface area (Å²) in [6.07, 6.45) is 4.20. The largest absolute Gasteiger partial charge is 0.462 e. The van der Waals surface area contributed by atoms with Gasteiger partial charge in [0.05, 0.1) is 18.8 Å². The highest BCUT2D eigenvalue weighted by atomic mass is 35.5. The van der Waals surface area contributed by atoms with Crippen LogP contribution in [-0.2, 0) is 32.0 Å². The van der Waals surface area contributed by atoms with E-state index in [1.165, 1.54) is 0 Å². The zero-order valence-electron chi connectivity index (χ0n) is 12.3. The summed E-state index contributed by atoms with van der Waals surface area (Å²) in [7, 11) is 0. The van der Waals surface area contributed by atoms with E-state index in [1.807, 2.05) is 10.8 Å². The molecule has 1 unspecified atom stereocenters. The summed E-state index contributed by atoms with van der Waals surface area (Å²) < 4.78 is 11.8. The van der Waals surface area contributed by atoms with E-state index >= 15 is 0 Å². The second-order valence-corrected chi connectivity index (χ2v) is 5.50. The minimum atomic E-state index is -1.10. The van der Waals surface area contributed by atoms with E-state index in [0.29, 0.717) is 24.5 Å². The fourth-order valence-corrected chi connectivity index (χ4v) is 2.72. The van der Waals surface area contributed by atoms with Crippen LogP contribution >= 0.6 is 11.6 Å². The summed E-state index contributed by atoms with van der Waals surface area (Å²) >= 11 is 5.01. The lowest BCUT2D eigenvalue weighted by molar-refractivity contribution is -0.150. The SMILES string of the molecule is CCOC(=O)c1ccn2c1CCC(CCOC(=O)C(=O)Cl)C2. The van der Waals surface area contributed by atoms with Crippen molar-refractivity contribution in [1.29, 1.82) is 0 Å². The Labute approximate surface area is 133 Å². The molecular weight excluding hydrogens is 310 g/mol. The summed E-state index contributed by atoms with van der Waals surface area (Å²) in [6, 6.07) is 1.78. The van der Waals surface area contributed by atoms with Crippen molar-refractivity contribution in [2.45, 2.75) is 32.7 Å². The summed E-state index contributed by atoms with van der Waals surface area (Å²) in [6.45, 7) is 3.06. The molecule has 0 amide bonds. The smallest absolute Gasteiger partial charge is 0.391 e. The number of hydrogen-bond acceptors (Lipinski definition) is 5. The Morgan fingerprint density at radius 1 is 1.36 bits per heavy atom. The Bertz CT molecular complexity index is 580. The number of nitrogens with zero attached hydrogens (tertiary/aromatic N) is 1. The Morgan fingerprint density at radius 2 is 2.14 bits per heavy atom. The van der Waals surface area contributed by atoms with E-state index in [-0.39, 0.29) is 12.6 Å². The van der Waals surface area contributed by atoms with Gasteiger partial charge in [-0.15, -0.1) is 0 Å². The van der Waals surface area contributed by atoms with Crippen LogP contribution in [0.4, 0.5) is 0 Å². The molecule has 7 heteroatoms. The molecule has 0 spiro atoms. The van der Waals surface area contributed by atoms with Gasteiger partial charge in [0.1, 0.15) is 0 Å². The van der Waals surface area contributed by atoms with Crippen LogP contribution in [-0.4, -0.2) is 35.0 Å². The molecule has 1 aromatic heterocycles. The maximum absolute atomic E-state index is 11.8. The van der Waals surface area contributed by atoms with E-state index < -0.39 is 11.2 Å². The van der Waals surface area contributed by atoms with E-state index in [9.17, 15) is 14.4 Å². The predicted molar refractivity (Wildman–Crippen MR) is 78.6 cm³/mol. The van der Waals surface area contributed by atoms with Crippen LogP contribution in [0.3, 0.4) is 0 Å². The van der Waals surface area contributed by atoms with Gasteiger partial charge in [-0.3, -0.25) is 4.79 Å². The molecule has 0 aromatic carbocycles. The number of carbonyl (C=O) groups is 3. The fourth-order valence-electron chi connectivity index (χ4n) is 2.67. The van der Waals surface area contributed by atoms with Gasteiger partial charge < -0.3 is 14.0 Å². The highest BCUT2D eigenvalue weighted by Gasteiger charge is 2.24. The molecule has 1 atom stereocenters. The fraction of sp³-hybridized carbons (Fsp3) is 0.533. The minimum Gasteiger partial charge on any atom is -0.462 e. The van der Waals surface area contributed by atoms with E-state index in [0.717, 1.165) is 25.1 Å². The number of rotatable bonds is 6. The van der Waals surface area contributed by atoms with Gasteiger partial charge in [0, 0.05) is 18.4 Å². The maximum atomic E-state index is 11.8. The number of hydrogen-bond donors (Lipinski definition) is 0. The number of fused-ring (bicyclic) bond motifs is 1. The first kappa shape index (κ1) is 16.5. The zero-order chi connectivity index (χ0) is 16.1. The van der Waals surface area contributed by atoms with Gasteiger partial charge in [0.2, 0.25) is 0 Å². The van der Waals surface area contributed by atoms with Gasteiger partial charge in [0.25, 0.3) is 0 Å². The third-order valence-electron chi connectivity index (χ3n) is 3.74. The van der Waals surface area contributed by atoms with Crippen molar-refractivity contribution in [2.75, 3.05) is 13.2 Å². The van der Waals surface area contributed by atoms with Crippen molar-refractivity contribution in [3.63, 3.8) is 0 Å². The van der Waals surface area contributed by atoms with Crippen LogP contribution in [0.15, 0.2) is 12.3 Å². The number of ether oxygens (including phenoxy) is 2. The van der Waals surface area contributed by atoms with E-state index in [1.54, 1.807) is 13.0 Å². The standard InChI is InChI=1S/C15H18ClNO5/c1-2-21-14(19)11-5-7-17-9-10(3-4-12(11)17)6-8-22-15(20)13(16)18/h5,7,10H,2-4,6,8-9H2,1H3. The summed E-state index contributed by atoms with van der Waals surface area (Å²) in [5, 5.41) is -1.10. The van der Waals surface area contributed by atoms with Gasteiger partial charge >= 0.3 is 17.2 Å². The molecule has 1 aliphatic rings. The van der Waals surface area contributed by atoms with Crippen molar-refractivity contribution < 1.29 is 23.9 Å². The Kier molecular flexibility index (Phi) is 5.60. The third kappa shape index (κ3) is 3.88. The van der Waals surface area contributed by atoms with Crippen LogP contribution in [0.1, 0.15) is 35.8 Å². The zero-order valence-corrected chi connectivity index (χ0v) is 13.1. The summed E-state index contributed by atoms with van der Waals surface area (Å²) in [5.74, 6) is -0.971. The molecule has 0 N–H and O–H groups in total. The molecule has 0 fully saturated rings. The van der Waals surface area contributed by atoms with Crippen LogP contribution in [0.25, 0.3) is 0 Å². The molecule has 0 saturated carbocycles. The Morgan fingerprint density at radius 3 is 2.82 bits per heavy atom. The third-order valence-corrected chi connectivity index (χ3v) is 3.89. The lowest BCUT2D eigenvalue weighted by atomic mass is 9.94. The van der Waals surface area contributed by atoms with Crippen LogP contribution in [0, 0.1) is 5.92 Å². The van der Waals surface area contributed by atoms with Crippen molar-refractivity contribution >= 4 is 28.8 Å². The van der Waals surface area contributed by atoms with Crippen LogP contribution in [0.2, 0.25) is 0 Å². The van der Waals surface area contributed by atoms with Gasteiger partial charge in [-0.1, -0.05) is 0 Å². The highest BCUT2D eigenvalue weighted by molar-refractivity contribution is 6.80. The van der Waals surface area contributed by atoms with Crippen molar-refractivity contribution in [3.8, 4) is 0 Å². The topological polar surface area (TPSA) is 74.6 Å². The van der Waals surface area contributed by atoms with Gasteiger partial charge in [-0.2, -0.15) is 0 Å². The normalized spacial score (nSPS) is 16.7. The van der Waals surface area contributed by atoms with Crippen LogP contribution in [0.5, 0.6) is 0 Å². The number of aromatic nitrogens is 1. The predicted octanol–water partition coefficient (Wildman–Crippen LogP) is 1.93. The molecule has 0 saturated heterocycles. The molecule has 22 heavy (non-hydrogen) atoms. The lowest BCUT2D eigenvalue weighted by Gasteiger charge is -2.25. The number of halogens is 1. The monoisotopic (exact) mass is 327 g/mol.